The van der Waals surface area contributed by atoms with Gasteiger partial charge in [0.05, 0.1) is 12.1 Å². The molecular weight excluding hydrogens is 432 g/mol. The van der Waals surface area contributed by atoms with Crippen molar-refractivity contribution in [3.05, 3.63) is 24.0 Å². The van der Waals surface area contributed by atoms with Crippen LogP contribution in [-0.4, -0.2) is 72.1 Å². The van der Waals surface area contributed by atoms with E-state index in [-0.39, 0.29) is 43.1 Å². The van der Waals surface area contributed by atoms with Crippen LogP contribution in [0.3, 0.4) is 0 Å². The first-order valence-corrected chi connectivity index (χ1v) is 12.1. The summed E-state index contributed by atoms with van der Waals surface area (Å²) < 4.78 is 22.5. The van der Waals surface area contributed by atoms with Gasteiger partial charge in [0, 0.05) is 51.3 Å². The molecule has 0 N–H and O–H groups in total. The molecule has 3 rings (SSSR count). The van der Waals surface area contributed by atoms with Gasteiger partial charge < -0.3 is 23.8 Å². The number of likely N-dealkylation sites (tertiary alicyclic amines) is 1. The fourth-order valence-electron chi connectivity index (χ4n) is 4.42. The largest absolute Gasteiger partial charge is 0.490 e. The molecule has 0 aromatic carbocycles. The summed E-state index contributed by atoms with van der Waals surface area (Å²) in [6.45, 7) is 3.89. The number of methoxy groups -OCH3 is 2. The summed E-state index contributed by atoms with van der Waals surface area (Å²) in [5.41, 5.74) is -0.464. The van der Waals surface area contributed by atoms with E-state index in [0.29, 0.717) is 11.4 Å². The van der Waals surface area contributed by atoms with Gasteiger partial charge in [0.1, 0.15) is 19.3 Å². The SMILES string of the molecule is COCO[C@]1(Cc2cc(OC3CCC(C)CC3)ccn2)C(=O)N(COC)[C@H]1CSC(C)=O. The van der Waals surface area contributed by atoms with Gasteiger partial charge in [-0.15, -0.1) is 0 Å². The maximum atomic E-state index is 13.2. The van der Waals surface area contributed by atoms with Crippen LogP contribution in [0.5, 0.6) is 5.75 Å². The van der Waals surface area contributed by atoms with Crippen LogP contribution in [0.2, 0.25) is 0 Å². The number of carbonyl (C=O) groups is 2. The van der Waals surface area contributed by atoms with E-state index in [1.54, 1.807) is 11.1 Å². The van der Waals surface area contributed by atoms with Crippen LogP contribution >= 0.6 is 11.8 Å². The predicted molar refractivity (Wildman–Crippen MR) is 121 cm³/mol. The van der Waals surface area contributed by atoms with Gasteiger partial charge in [0.15, 0.2) is 10.7 Å². The highest BCUT2D eigenvalue weighted by Gasteiger charge is 2.62. The Morgan fingerprint density at radius 2 is 2.00 bits per heavy atom. The summed E-state index contributed by atoms with van der Waals surface area (Å²) in [6, 6.07) is 3.40. The molecule has 2 atom stereocenters. The number of pyridine rings is 1. The first kappa shape index (κ1) is 25.0. The number of nitrogens with zero attached hydrogens (tertiary/aromatic N) is 2. The number of ether oxygens (including phenoxy) is 4. The van der Waals surface area contributed by atoms with Crippen molar-refractivity contribution in [3.63, 3.8) is 0 Å². The third-order valence-electron chi connectivity index (χ3n) is 6.18. The van der Waals surface area contributed by atoms with Crippen molar-refractivity contribution in [2.75, 3.05) is 33.5 Å². The normalized spacial score (nSPS) is 27.8. The monoisotopic (exact) mass is 466 g/mol. The van der Waals surface area contributed by atoms with Crippen molar-refractivity contribution in [1.82, 2.24) is 9.88 Å². The fraction of sp³-hybridized carbons (Fsp3) is 0.696. The molecule has 1 saturated heterocycles. The zero-order valence-electron chi connectivity index (χ0n) is 19.4. The molecule has 32 heavy (non-hydrogen) atoms. The Labute approximate surface area is 194 Å². The molecule has 1 aromatic rings. The average molecular weight is 467 g/mol. The van der Waals surface area contributed by atoms with Crippen LogP contribution in [0.25, 0.3) is 0 Å². The van der Waals surface area contributed by atoms with E-state index >= 15 is 0 Å². The molecule has 8 nitrogen and oxygen atoms in total. The first-order chi connectivity index (χ1) is 15.4. The molecule has 9 heteroatoms. The summed E-state index contributed by atoms with van der Waals surface area (Å²) in [5.74, 6) is 1.72. The average Bonchev–Trinajstić information content (AvgIpc) is 2.77. The lowest BCUT2D eigenvalue weighted by atomic mass is 9.79. The third-order valence-corrected chi connectivity index (χ3v) is 7.07. The molecule has 2 aliphatic rings. The minimum absolute atomic E-state index is 0.0160. The lowest BCUT2D eigenvalue weighted by Crippen LogP contribution is -2.77. The zero-order valence-corrected chi connectivity index (χ0v) is 20.2. The van der Waals surface area contributed by atoms with Crippen LogP contribution in [0, 0.1) is 5.92 Å². The Morgan fingerprint density at radius 3 is 2.66 bits per heavy atom. The van der Waals surface area contributed by atoms with Crippen molar-refractivity contribution >= 4 is 22.8 Å². The number of carbonyl (C=O) groups excluding carboxylic acids is 2. The van der Waals surface area contributed by atoms with E-state index in [9.17, 15) is 9.59 Å². The Hall–Kier alpha value is -1.68. The molecule has 1 amide bonds. The maximum Gasteiger partial charge on any atom is 0.259 e. The number of hydrogen-bond donors (Lipinski definition) is 0. The summed E-state index contributed by atoms with van der Waals surface area (Å²) in [5, 5.41) is -0.0160. The number of hydrogen-bond acceptors (Lipinski definition) is 8. The topological polar surface area (TPSA) is 87.2 Å². The van der Waals surface area contributed by atoms with E-state index in [1.807, 2.05) is 12.1 Å². The molecule has 2 heterocycles. The van der Waals surface area contributed by atoms with E-state index < -0.39 is 5.60 Å². The standard InChI is InChI=1S/C23H34N2O6S/c1-16-5-7-19(8-6-16)31-20-9-10-24-18(11-20)12-23(30-15-29-4)21(13-32-17(2)26)25(14-28-3)22(23)27/h9-11,16,19,21H,5-8,12-15H2,1-4H3/t16?,19?,21-,23-/m0/s1. The number of β-lactam (4-membered cyclic amide) rings is 1. The van der Waals surface area contributed by atoms with Crippen molar-refractivity contribution in [1.29, 1.82) is 0 Å². The molecule has 1 aliphatic carbocycles. The Balaban J connectivity index is 1.78. The molecule has 1 saturated carbocycles. The van der Waals surface area contributed by atoms with Crippen LogP contribution < -0.4 is 4.74 Å². The summed E-state index contributed by atoms with van der Waals surface area (Å²) in [4.78, 5) is 30.9. The second-order valence-electron chi connectivity index (χ2n) is 8.61. The molecule has 0 bridgehead atoms. The molecular formula is C23H34N2O6S. The van der Waals surface area contributed by atoms with Crippen LogP contribution in [0.1, 0.15) is 45.2 Å². The third kappa shape index (κ3) is 5.81. The van der Waals surface area contributed by atoms with Gasteiger partial charge >= 0.3 is 0 Å². The molecule has 1 aromatic heterocycles. The number of amides is 1. The summed E-state index contributed by atoms with van der Waals surface area (Å²) >= 11 is 1.17. The Morgan fingerprint density at radius 1 is 1.25 bits per heavy atom. The van der Waals surface area contributed by atoms with E-state index in [1.165, 1.54) is 45.7 Å². The smallest absolute Gasteiger partial charge is 0.259 e. The molecule has 0 unspecified atom stereocenters. The van der Waals surface area contributed by atoms with E-state index in [0.717, 1.165) is 24.5 Å². The first-order valence-electron chi connectivity index (χ1n) is 11.1. The van der Waals surface area contributed by atoms with Gasteiger partial charge in [0.25, 0.3) is 5.91 Å². The molecule has 1 aliphatic heterocycles. The van der Waals surface area contributed by atoms with Crippen molar-refractivity contribution in [3.8, 4) is 5.75 Å². The second-order valence-corrected chi connectivity index (χ2v) is 9.81. The predicted octanol–water partition coefficient (Wildman–Crippen LogP) is 3.04. The lowest BCUT2D eigenvalue weighted by Gasteiger charge is -2.54. The Bertz CT molecular complexity index is 786. The van der Waals surface area contributed by atoms with Crippen molar-refractivity contribution in [2.45, 2.75) is 63.7 Å². The number of aromatic nitrogens is 1. The van der Waals surface area contributed by atoms with Crippen LogP contribution in [0.15, 0.2) is 18.3 Å². The zero-order chi connectivity index (χ0) is 23.1. The second kappa shape index (κ2) is 11.4. The van der Waals surface area contributed by atoms with E-state index in [4.69, 9.17) is 18.9 Å². The van der Waals surface area contributed by atoms with Gasteiger partial charge in [-0.25, -0.2) is 0 Å². The molecule has 2 fully saturated rings. The lowest BCUT2D eigenvalue weighted by molar-refractivity contribution is -0.229. The van der Waals surface area contributed by atoms with Gasteiger partial charge in [-0.1, -0.05) is 18.7 Å². The number of thioether (sulfide) groups is 1. The van der Waals surface area contributed by atoms with Crippen molar-refractivity contribution < 1.29 is 28.5 Å². The van der Waals surface area contributed by atoms with Crippen LogP contribution in [-0.2, 0) is 30.2 Å². The van der Waals surface area contributed by atoms with Gasteiger partial charge in [-0.3, -0.25) is 14.6 Å². The highest BCUT2D eigenvalue weighted by atomic mass is 32.2. The molecule has 0 radical (unpaired) electrons. The van der Waals surface area contributed by atoms with E-state index in [2.05, 4.69) is 11.9 Å². The number of rotatable bonds is 11. The van der Waals surface area contributed by atoms with Gasteiger partial charge in [0.2, 0.25) is 0 Å². The van der Waals surface area contributed by atoms with Gasteiger partial charge in [-0.05, 0) is 37.7 Å². The summed E-state index contributed by atoms with van der Waals surface area (Å²) in [6.07, 6.45) is 6.63. The highest BCUT2D eigenvalue weighted by molar-refractivity contribution is 8.13. The highest BCUT2D eigenvalue weighted by Crippen LogP contribution is 2.40. The minimum Gasteiger partial charge on any atom is -0.490 e. The van der Waals surface area contributed by atoms with Crippen LogP contribution in [0.4, 0.5) is 0 Å². The Kier molecular flexibility index (Phi) is 8.93. The quantitative estimate of drug-likeness (QED) is 0.363. The van der Waals surface area contributed by atoms with Crippen molar-refractivity contribution in [2.24, 2.45) is 5.92 Å². The summed E-state index contributed by atoms with van der Waals surface area (Å²) in [7, 11) is 3.05. The minimum atomic E-state index is -1.16. The molecule has 0 spiro atoms. The molecule has 178 valence electrons. The fourth-order valence-corrected chi connectivity index (χ4v) is 5.26. The van der Waals surface area contributed by atoms with Gasteiger partial charge in [-0.2, -0.15) is 0 Å². The maximum absolute atomic E-state index is 13.2.